The molecule has 1 aliphatic rings. The Kier molecular flexibility index (Phi) is 5.72. The molecule has 1 aliphatic heterocycles. The second kappa shape index (κ2) is 8.18. The second-order valence-electron chi connectivity index (χ2n) is 5.50. The minimum atomic E-state index is 0.735. The molecule has 2 aromatic carbocycles. The van der Waals surface area contributed by atoms with E-state index in [1.165, 1.54) is 0 Å². The van der Waals surface area contributed by atoms with E-state index in [2.05, 4.69) is 20.2 Å². The molecule has 0 N–H and O–H groups in total. The standard InChI is InChI=1S/C18H18Cl2N4/c19-17-5-1-15(2-6-17)13-21-23-9-11-24(12-10-23)22-14-16-3-7-18(20)8-4-16/h1-8,13-14H,9-12H2/b21-13-,22-14+. The Morgan fingerprint density at radius 3 is 1.29 bits per heavy atom. The Labute approximate surface area is 152 Å². The van der Waals surface area contributed by atoms with Gasteiger partial charge in [-0.3, -0.25) is 10.0 Å². The molecule has 0 atom stereocenters. The summed E-state index contributed by atoms with van der Waals surface area (Å²) in [4.78, 5) is 0. The van der Waals surface area contributed by atoms with Gasteiger partial charge in [-0.05, 0) is 35.4 Å². The normalized spacial score (nSPS) is 15.6. The first-order valence-corrected chi connectivity index (χ1v) is 8.54. The van der Waals surface area contributed by atoms with Crippen molar-refractivity contribution in [2.75, 3.05) is 26.2 Å². The first-order valence-electron chi connectivity index (χ1n) is 7.78. The number of hydrogen-bond acceptors (Lipinski definition) is 4. The molecule has 6 heteroatoms. The van der Waals surface area contributed by atoms with Crippen molar-refractivity contribution in [2.45, 2.75) is 0 Å². The van der Waals surface area contributed by atoms with Crippen LogP contribution in [0.2, 0.25) is 10.0 Å². The highest BCUT2D eigenvalue weighted by Crippen LogP contribution is 2.10. The molecule has 124 valence electrons. The average molecular weight is 361 g/mol. The zero-order valence-corrected chi connectivity index (χ0v) is 14.7. The van der Waals surface area contributed by atoms with Crippen molar-refractivity contribution in [2.24, 2.45) is 10.2 Å². The van der Waals surface area contributed by atoms with Gasteiger partial charge in [0.2, 0.25) is 0 Å². The van der Waals surface area contributed by atoms with Gasteiger partial charge in [-0.1, -0.05) is 47.5 Å². The van der Waals surface area contributed by atoms with Crippen LogP contribution >= 0.6 is 23.2 Å². The Hall–Kier alpha value is -2.04. The molecule has 1 saturated heterocycles. The number of benzene rings is 2. The maximum absolute atomic E-state index is 5.88. The number of halogens is 2. The van der Waals surface area contributed by atoms with E-state index in [1.807, 2.05) is 61.0 Å². The molecule has 0 aliphatic carbocycles. The van der Waals surface area contributed by atoms with E-state index in [9.17, 15) is 0 Å². The third kappa shape index (κ3) is 4.98. The fourth-order valence-corrected chi connectivity index (χ4v) is 2.56. The van der Waals surface area contributed by atoms with E-state index >= 15 is 0 Å². The summed E-state index contributed by atoms with van der Waals surface area (Å²) in [6, 6.07) is 15.3. The molecule has 0 radical (unpaired) electrons. The van der Waals surface area contributed by atoms with Gasteiger partial charge in [0.1, 0.15) is 0 Å². The van der Waals surface area contributed by atoms with Crippen molar-refractivity contribution in [1.82, 2.24) is 10.0 Å². The molecule has 4 nitrogen and oxygen atoms in total. The molecule has 0 amide bonds. The van der Waals surface area contributed by atoms with Crippen molar-refractivity contribution in [1.29, 1.82) is 0 Å². The fourth-order valence-electron chi connectivity index (χ4n) is 2.31. The summed E-state index contributed by atoms with van der Waals surface area (Å²) in [5, 5.41) is 14.6. The predicted molar refractivity (Wildman–Crippen MR) is 101 cm³/mol. The Balaban J connectivity index is 1.48. The van der Waals surface area contributed by atoms with E-state index in [-0.39, 0.29) is 0 Å². The van der Waals surface area contributed by atoms with Gasteiger partial charge in [0.05, 0.1) is 38.6 Å². The lowest BCUT2D eigenvalue weighted by Crippen LogP contribution is -2.41. The molecule has 1 fully saturated rings. The largest absolute Gasteiger partial charge is 0.293 e. The van der Waals surface area contributed by atoms with Crippen molar-refractivity contribution in [3.63, 3.8) is 0 Å². The smallest absolute Gasteiger partial charge is 0.0553 e. The number of hydrogen-bond donors (Lipinski definition) is 0. The molecule has 0 spiro atoms. The minimum absolute atomic E-state index is 0.735. The molecule has 0 aromatic heterocycles. The van der Waals surface area contributed by atoms with Crippen LogP contribution in [0, 0.1) is 0 Å². The number of piperazine rings is 1. The summed E-state index contributed by atoms with van der Waals surface area (Å²) in [7, 11) is 0. The number of nitrogens with zero attached hydrogens (tertiary/aromatic N) is 4. The van der Waals surface area contributed by atoms with Gasteiger partial charge in [0, 0.05) is 10.0 Å². The Morgan fingerprint density at radius 2 is 0.958 bits per heavy atom. The third-order valence-electron chi connectivity index (χ3n) is 3.71. The number of rotatable bonds is 4. The summed E-state index contributed by atoms with van der Waals surface area (Å²) in [6.07, 6.45) is 3.73. The monoisotopic (exact) mass is 360 g/mol. The number of hydrazone groups is 2. The Morgan fingerprint density at radius 1 is 0.625 bits per heavy atom. The topological polar surface area (TPSA) is 31.2 Å². The highest BCUT2D eigenvalue weighted by atomic mass is 35.5. The zero-order chi connectivity index (χ0) is 16.8. The van der Waals surface area contributed by atoms with E-state index < -0.39 is 0 Å². The van der Waals surface area contributed by atoms with Crippen LogP contribution in [0.5, 0.6) is 0 Å². The van der Waals surface area contributed by atoms with Gasteiger partial charge in [-0.25, -0.2) is 0 Å². The highest BCUT2D eigenvalue weighted by molar-refractivity contribution is 6.30. The Bertz CT molecular complexity index is 639. The van der Waals surface area contributed by atoms with E-state index in [4.69, 9.17) is 23.2 Å². The lowest BCUT2D eigenvalue weighted by atomic mass is 10.2. The fraction of sp³-hybridized carbons (Fsp3) is 0.222. The van der Waals surface area contributed by atoms with Gasteiger partial charge in [0.25, 0.3) is 0 Å². The van der Waals surface area contributed by atoms with Crippen LogP contribution in [0.1, 0.15) is 11.1 Å². The highest BCUT2D eigenvalue weighted by Gasteiger charge is 2.12. The van der Waals surface area contributed by atoms with Crippen molar-refractivity contribution in [3.8, 4) is 0 Å². The molecule has 0 saturated carbocycles. The lowest BCUT2D eigenvalue weighted by molar-refractivity contribution is 0.141. The molecular weight excluding hydrogens is 343 g/mol. The second-order valence-corrected chi connectivity index (χ2v) is 6.37. The molecule has 0 unspecified atom stereocenters. The van der Waals surface area contributed by atoms with Crippen molar-refractivity contribution >= 4 is 35.6 Å². The molecule has 0 bridgehead atoms. The van der Waals surface area contributed by atoms with E-state index in [1.54, 1.807) is 0 Å². The SMILES string of the molecule is Clc1ccc(/C=N\N2CCN(/N=C/c3ccc(Cl)cc3)CC2)cc1. The van der Waals surface area contributed by atoms with Gasteiger partial charge >= 0.3 is 0 Å². The lowest BCUT2D eigenvalue weighted by Gasteiger charge is -2.31. The third-order valence-corrected chi connectivity index (χ3v) is 4.22. The van der Waals surface area contributed by atoms with Crippen LogP contribution in [0.4, 0.5) is 0 Å². The minimum Gasteiger partial charge on any atom is -0.293 e. The average Bonchev–Trinajstić information content (AvgIpc) is 2.62. The van der Waals surface area contributed by atoms with Gasteiger partial charge in [-0.15, -0.1) is 0 Å². The van der Waals surface area contributed by atoms with Crippen LogP contribution in [0.15, 0.2) is 58.7 Å². The van der Waals surface area contributed by atoms with E-state index in [0.717, 1.165) is 47.4 Å². The summed E-state index contributed by atoms with van der Waals surface area (Å²) in [5.41, 5.74) is 2.09. The first kappa shape index (κ1) is 16.8. The predicted octanol–water partition coefficient (Wildman–Crippen LogP) is 3.98. The van der Waals surface area contributed by atoms with Crippen LogP contribution in [-0.2, 0) is 0 Å². The molecule has 24 heavy (non-hydrogen) atoms. The first-order chi connectivity index (χ1) is 11.7. The van der Waals surface area contributed by atoms with Crippen molar-refractivity contribution in [3.05, 3.63) is 69.7 Å². The van der Waals surface area contributed by atoms with Gasteiger partial charge < -0.3 is 0 Å². The van der Waals surface area contributed by atoms with Gasteiger partial charge in [-0.2, -0.15) is 10.2 Å². The zero-order valence-electron chi connectivity index (χ0n) is 13.1. The maximum Gasteiger partial charge on any atom is 0.0553 e. The van der Waals surface area contributed by atoms with Crippen LogP contribution in [-0.4, -0.2) is 48.6 Å². The molecule has 2 aromatic rings. The summed E-state index contributed by atoms with van der Waals surface area (Å²) >= 11 is 11.8. The van der Waals surface area contributed by atoms with E-state index in [0.29, 0.717) is 0 Å². The van der Waals surface area contributed by atoms with Crippen LogP contribution in [0.25, 0.3) is 0 Å². The molecule has 1 heterocycles. The van der Waals surface area contributed by atoms with Gasteiger partial charge in [0.15, 0.2) is 0 Å². The van der Waals surface area contributed by atoms with Crippen LogP contribution in [0.3, 0.4) is 0 Å². The summed E-state index contributed by atoms with van der Waals surface area (Å²) in [6.45, 7) is 3.40. The quantitative estimate of drug-likeness (QED) is 0.772. The summed E-state index contributed by atoms with van der Waals surface area (Å²) in [5.74, 6) is 0. The maximum atomic E-state index is 5.88. The van der Waals surface area contributed by atoms with Crippen molar-refractivity contribution < 1.29 is 0 Å². The molecular formula is C18H18Cl2N4. The summed E-state index contributed by atoms with van der Waals surface area (Å²) < 4.78 is 0. The molecule has 3 rings (SSSR count). The van der Waals surface area contributed by atoms with Crippen LogP contribution < -0.4 is 0 Å².